The summed E-state index contributed by atoms with van der Waals surface area (Å²) in [5, 5.41) is 2.77. The van der Waals surface area contributed by atoms with Crippen molar-refractivity contribution >= 4 is 19.8 Å². The zero-order valence-electron chi connectivity index (χ0n) is 9.67. The van der Waals surface area contributed by atoms with Gasteiger partial charge in [0.2, 0.25) is 0 Å². The van der Waals surface area contributed by atoms with Crippen LogP contribution in [0.5, 0.6) is 0 Å². The summed E-state index contributed by atoms with van der Waals surface area (Å²) in [5.41, 5.74) is -0.0636. The van der Waals surface area contributed by atoms with Crippen LogP contribution >= 0.6 is 11.8 Å². The van der Waals surface area contributed by atoms with Crippen molar-refractivity contribution in [1.82, 2.24) is 0 Å². The summed E-state index contributed by atoms with van der Waals surface area (Å²) in [4.78, 5) is 1.03. The molecule has 0 radical (unpaired) electrons. The van der Waals surface area contributed by atoms with Crippen LogP contribution in [0.2, 0.25) is 19.6 Å². The molecule has 4 heteroatoms. The molecule has 1 rings (SSSR count). The molecule has 0 spiro atoms. The molecule has 0 atom stereocenters. The van der Waals surface area contributed by atoms with Crippen LogP contribution < -0.4 is 18.9 Å². The molecular formula is C11H14FLiSSi. The van der Waals surface area contributed by atoms with Crippen molar-refractivity contribution in [2.75, 3.05) is 0 Å². The second kappa shape index (κ2) is 6.60. The Balaban J connectivity index is 0.00000196. The Kier molecular flexibility index (Phi) is 6.62. The minimum Gasteiger partial charge on any atom is -0.398 e. The molecule has 0 bridgehead atoms. The Morgan fingerprint density at radius 2 is 1.73 bits per heavy atom. The fraction of sp³-hybridized carbons (Fsp3) is 0.273. The normalized spacial score (nSPS) is 12.1. The molecule has 0 nitrogen and oxygen atoms in total. The first-order valence-corrected chi connectivity index (χ1v) is 8.82. The first-order valence-electron chi connectivity index (χ1n) is 4.51. The van der Waals surface area contributed by atoms with Crippen LogP contribution in [0.25, 0.3) is 0 Å². The number of hydrogen-bond acceptors (Lipinski definition) is 1. The van der Waals surface area contributed by atoms with Crippen molar-refractivity contribution in [2.45, 2.75) is 24.5 Å². The summed E-state index contributed by atoms with van der Waals surface area (Å²) in [5.74, 6) is 0. The van der Waals surface area contributed by atoms with Gasteiger partial charge in [0.05, 0.1) is 8.07 Å². The minimum absolute atomic E-state index is 0. The quantitative estimate of drug-likeness (QED) is 0.430. The Bertz CT molecular complexity index is 319. The van der Waals surface area contributed by atoms with Crippen LogP contribution in [0.4, 0.5) is 4.39 Å². The predicted molar refractivity (Wildman–Crippen MR) is 63.5 cm³/mol. The van der Waals surface area contributed by atoms with Gasteiger partial charge in [-0.05, 0) is 4.90 Å². The average Bonchev–Trinajstić information content (AvgIpc) is 2.14. The van der Waals surface area contributed by atoms with E-state index in [1.165, 1.54) is 11.8 Å². The average molecular weight is 232 g/mol. The number of rotatable bonds is 3. The summed E-state index contributed by atoms with van der Waals surface area (Å²) in [7, 11) is -1.80. The Morgan fingerprint density at radius 3 is 2.20 bits per heavy atom. The zero-order valence-corrected chi connectivity index (χ0v) is 11.5. The van der Waals surface area contributed by atoms with Crippen LogP contribution in [0, 0.1) is 5.41 Å². The Hall–Kier alpha value is 0.0543. The summed E-state index contributed by atoms with van der Waals surface area (Å²) in [6.45, 7) is 5.92. The zero-order chi connectivity index (χ0) is 10.6. The van der Waals surface area contributed by atoms with E-state index < -0.39 is 8.07 Å². The monoisotopic (exact) mass is 232 g/mol. The minimum atomic E-state index is -1.80. The molecular weight excluding hydrogens is 218 g/mol. The van der Waals surface area contributed by atoms with Crippen LogP contribution in [0.1, 0.15) is 0 Å². The van der Waals surface area contributed by atoms with Gasteiger partial charge < -0.3 is 17.2 Å². The molecule has 15 heavy (non-hydrogen) atoms. The molecule has 0 aliphatic rings. The van der Waals surface area contributed by atoms with E-state index in [4.69, 9.17) is 0 Å². The largest absolute Gasteiger partial charge is 1.00 e. The van der Waals surface area contributed by atoms with E-state index in [2.05, 4.69) is 5.41 Å². The molecule has 1 aromatic rings. The van der Waals surface area contributed by atoms with E-state index in [0.717, 1.165) is 4.90 Å². The van der Waals surface area contributed by atoms with Gasteiger partial charge in [-0.15, -0.1) is 0 Å². The molecule has 0 saturated heterocycles. The van der Waals surface area contributed by atoms with E-state index in [1.54, 1.807) is 0 Å². The maximum atomic E-state index is 13.4. The van der Waals surface area contributed by atoms with Gasteiger partial charge in [0.25, 0.3) is 0 Å². The number of hydrogen-bond donors (Lipinski definition) is 0. The number of benzene rings is 1. The predicted octanol–water partition coefficient (Wildman–Crippen LogP) is 1.27. The third-order valence-electron chi connectivity index (χ3n) is 1.66. The fourth-order valence-electron chi connectivity index (χ4n) is 0.745. The van der Waals surface area contributed by atoms with Crippen LogP contribution in [-0.2, 0) is 0 Å². The molecule has 0 aliphatic carbocycles. The second-order valence-corrected chi connectivity index (χ2v) is 9.90. The number of thioether (sulfide) groups is 1. The third kappa shape index (κ3) is 5.62. The van der Waals surface area contributed by atoms with E-state index >= 15 is 0 Å². The molecule has 0 heterocycles. The van der Waals surface area contributed by atoms with Crippen molar-refractivity contribution in [3.63, 3.8) is 0 Å². The van der Waals surface area contributed by atoms with Crippen molar-refractivity contribution in [3.8, 4) is 0 Å². The van der Waals surface area contributed by atoms with Crippen molar-refractivity contribution in [2.24, 2.45) is 0 Å². The van der Waals surface area contributed by atoms with Gasteiger partial charge in [-0.2, -0.15) is 0 Å². The van der Waals surface area contributed by atoms with Gasteiger partial charge >= 0.3 is 18.9 Å². The summed E-state index contributed by atoms with van der Waals surface area (Å²) >= 11 is 1.33. The van der Waals surface area contributed by atoms with Gasteiger partial charge in [-0.3, -0.25) is 4.39 Å². The SMILES string of the molecule is C[Si](C)(C)C(F)=[C-]Sc1ccccc1.[Li+]. The topological polar surface area (TPSA) is 0 Å². The maximum Gasteiger partial charge on any atom is 1.00 e. The summed E-state index contributed by atoms with van der Waals surface area (Å²) < 4.78 is 13.4. The molecule has 0 fully saturated rings. The molecule has 0 unspecified atom stereocenters. The van der Waals surface area contributed by atoms with Crippen molar-refractivity contribution in [1.29, 1.82) is 0 Å². The van der Waals surface area contributed by atoms with Crippen LogP contribution in [0.3, 0.4) is 0 Å². The third-order valence-corrected chi connectivity index (χ3v) is 4.07. The smallest absolute Gasteiger partial charge is 0.398 e. The van der Waals surface area contributed by atoms with Gasteiger partial charge in [-0.25, -0.2) is 0 Å². The first-order chi connectivity index (χ1) is 6.50. The molecule has 0 aliphatic heterocycles. The van der Waals surface area contributed by atoms with Gasteiger partial charge in [0, 0.05) is 0 Å². The summed E-state index contributed by atoms with van der Waals surface area (Å²) in [6, 6.07) is 9.74. The van der Waals surface area contributed by atoms with Gasteiger partial charge in [0.15, 0.2) is 0 Å². The van der Waals surface area contributed by atoms with Gasteiger partial charge in [-0.1, -0.05) is 55.4 Å². The van der Waals surface area contributed by atoms with Crippen molar-refractivity contribution in [3.05, 3.63) is 41.2 Å². The second-order valence-electron chi connectivity index (χ2n) is 4.08. The maximum absolute atomic E-state index is 13.4. The van der Waals surface area contributed by atoms with Crippen LogP contribution in [-0.4, -0.2) is 8.07 Å². The number of halogens is 1. The molecule has 1 aromatic carbocycles. The van der Waals surface area contributed by atoms with E-state index in [-0.39, 0.29) is 24.3 Å². The van der Waals surface area contributed by atoms with E-state index in [0.29, 0.717) is 0 Å². The first kappa shape index (κ1) is 15.1. The fourth-order valence-corrected chi connectivity index (χ4v) is 2.62. The van der Waals surface area contributed by atoms with Crippen LogP contribution in [0.15, 0.2) is 40.7 Å². The molecule has 76 valence electrons. The Labute approximate surface area is 109 Å². The summed E-state index contributed by atoms with van der Waals surface area (Å²) in [6.07, 6.45) is 0. The molecule has 0 aromatic heterocycles. The van der Waals surface area contributed by atoms with Gasteiger partial charge in [0.1, 0.15) is 0 Å². The standard InChI is InChI=1S/C11H14FSSi.Li/c1-14(2,3)11(12)9-13-10-7-5-4-6-8-10;/h4-8H,1-3H3;/q-1;+1. The Morgan fingerprint density at radius 1 is 1.20 bits per heavy atom. The van der Waals surface area contributed by atoms with E-state index in [9.17, 15) is 4.39 Å². The molecule has 0 N–H and O–H groups in total. The molecule has 0 amide bonds. The van der Waals surface area contributed by atoms with Crippen molar-refractivity contribution < 1.29 is 23.3 Å². The van der Waals surface area contributed by atoms with E-state index in [1.807, 2.05) is 50.0 Å². The molecule has 0 saturated carbocycles.